The maximum atomic E-state index is 13.1. The van der Waals surface area contributed by atoms with Crippen molar-refractivity contribution in [3.05, 3.63) is 69.8 Å². The topological polar surface area (TPSA) is 75.5 Å². The first-order chi connectivity index (χ1) is 11.6. The molecule has 0 aromatic heterocycles. The van der Waals surface area contributed by atoms with Crippen molar-refractivity contribution in [2.45, 2.75) is 17.9 Å². The number of halogens is 1. The summed E-state index contributed by atoms with van der Waals surface area (Å²) in [6.45, 7) is 0.732. The summed E-state index contributed by atoms with van der Waals surface area (Å²) in [6, 6.07) is 14.2. The number of rotatable bonds is 2. The van der Waals surface area contributed by atoms with Gasteiger partial charge in [-0.2, -0.15) is 0 Å². The fourth-order valence-electron chi connectivity index (χ4n) is 4.11. The van der Waals surface area contributed by atoms with Crippen molar-refractivity contribution in [2.24, 2.45) is 0 Å². The molecule has 130 valence electrons. The number of anilines is 1. The lowest BCUT2D eigenvalue weighted by atomic mass is 9.73. The van der Waals surface area contributed by atoms with Crippen LogP contribution in [0.2, 0.25) is 0 Å². The highest BCUT2D eigenvalue weighted by Gasteiger charge is 2.57. The molecule has 25 heavy (non-hydrogen) atoms. The predicted octanol–water partition coefficient (Wildman–Crippen LogP) is 2.97. The number of benzene rings is 2. The molecule has 2 aromatic carbocycles. The van der Waals surface area contributed by atoms with Gasteiger partial charge in [0.1, 0.15) is 0 Å². The lowest BCUT2D eigenvalue weighted by Crippen LogP contribution is -2.42. The second-order valence-corrected chi connectivity index (χ2v) is 6.34. The van der Waals surface area contributed by atoms with E-state index >= 15 is 0 Å². The number of nitro groups is 1. The number of hydrogen-bond donors (Lipinski definition) is 1. The number of amides is 1. The van der Waals surface area contributed by atoms with Gasteiger partial charge in [0, 0.05) is 24.9 Å². The number of hydrogen-bond acceptors (Lipinski definition) is 4. The summed E-state index contributed by atoms with van der Waals surface area (Å²) in [5.41, 5.74) is 2.29. The van der Waals surface area contributed by atoms with Crippen LogP contribution in [0.4, 0.5) is 11.4 Å². The molecule has 0 radical (unpaired) electrons. The Hall–Kier alpha value is -2.44. The zero-order chi connectivity index (χ0) is 16.9. The van der Waals surface area contributed by atoms with Gasteiger partial charge in [-0.1, -0.05) is 30.3 Å². The van der Waals surface area contributed by atoms with Crippen LogP contribution in [-0.2, 0) is 10.2 Å². The zero-order valence-electron chi connectivity index (χ0n) is 13.6. The van der Waals surface area contributed by atoms with Gasteiger partial charge in [-0.3, -0.25) is 14.9 Å². The molecule has 1 N–H and O–H groups in total. The second-order valence-electron chi connectivity index (χ2n) is 6.34. The first-order valence-corrected chi connectivity index (χ1v) is 7.91. The summed E-state index contributed by atoms with van der Waals surface area (Å²) >= 11 is 0. The van der Waals surface area contributed by atoms with E-state index in [1.165, 1.54) is 12.1 Å². The van der Waals surface area contributed by atoms with E-state index in [1.54, 1.807) is 24.1 Å². The molecule has 0 saturated carbocycles. The fourth-order valence-corrected chi connectivity index (χ4v) is 4.11. The van der Waals surface area contributed by atoms with Crippen LogP contribution in [0.25, 0.3) is 0 Å². The Balaban J connectivity index is 0.00000182. The highest BCUT2D eigenvalue weighted by Crippen LogP contribution is 2.52. The minimum absolute atomic E-state index is 0. The Bertz CT molecular complexity index is 840. The molecular weight excluding hydrogens is 342 g/mol. The van der Waals surface area contributed by atoms with Crippen molar-refractivity contribution in [1.82, 2.24) is 5.32 Å². The SMILES string of the molecule is CN1C(=O)[C@@]2(CCN[C@H]2c2ccc([N+](=O)[O-])cc2)c2ccccc21.Cl. The number of fused-ring (bicyclic) bond motifs is 2. The van der Waals surface area contributed by atoms with Gasteiger partial charge in [-0.15, -0.1) is 12.4 Å². The van der Waals surface area contributed by atoms with Gasteiger partial charge in [0.25, 0.3) is 5.69 Å². The van der Waals surface area contributed by atoms with Crippen LogP contribution in [-0.4, -0.2) is 24.4 Å². The fraction of sp³-hybridized carbons (Fsp3) is 0.278. The summed E-state index contributed by atoms with van der Waals surface area (Å²) in [7, 11) is 1.81. The number of carbonyl (C=O) groups excluding carboxylic acids is 1. The Morgan fingerprint density at radius 1 is 1.20 bits per heavy atom. The molecule has 2 aliphatic heterocycles. The Morgan fingerprint density at radius 2 is 1.88 bits per heavy atom. The Kier molecular flexibility index (Phi) is 4.26. The third kappa shape index (κ3) is 2.33. The molecule has 7 heteroatoms. The van der Waals surface area contributed by atoms with Crippen molar-refractivity contribution in [2.75, 3.05) is 18.5 Å². The molecule has 0 aliphatic carbocycles. The molecule has 2 heterocycles. The van der Waals surface area contributed by atoms with Gasteiger partial charge >= 0.3 is 0 Å². The lowest BCUT2D eigenvalue weighted by Gasteiger charge is -2.30. The quantitative estimate of drug-likeness (QED) is 0.660. The van der Waals surface area contributed by atoms with Crippen LogP contribution in [0.15, 0.2) is 48.5 Å². The number of para-hydroxylation sites is 1. The lowest BCUT2D eigenvalue weighted by molar-refractivity contribution is -0.384. The van der Waals surface area contributed by atoms with Crippen molar-refractivity contribution in [3.8, 4) is 0 Å². The number of non-ortho nitro benzene ring substituents is 1. The number of carbonyl (C=O) groups is 1. The third-order valence-electron chi connectivity index (χ3n) is 5.23. The Morgan fingerprint density at radius 3 is 2.56 bits per heavy atom. The average molecular weight is 360 g/mol. The number of nitrogens with zero attached hydrogens (tertiary/aromatic N) is 2. The molecule has 0 unspecified atom stereocenters. The summed E-state index contributed by atoms with van der Waals surface area (Å²) in [5, 5.41) is 14.3. The van der Waals surface area contributed by atoms with Crippen molar-refractivity contribution >= 4 is 29.7 Å². The van der Waals surface area contributed by atoms with Crippen molar-refractivity contribution in [1.29, 1.82) is 0 Å². The van der Waals surface area contributed by atoms with E-state index in [0.717, 1.165) is 29.8 Å². The summed E-state index contributed by atoms with van der Waals surface area (Å²) in [4.78, 5) is 25.3. The standard InChI is InChI=1S/C18H17N3O3.ClH/c1-20-15-5-3-2-4-14(15)18(17(20)22)10-11-19-16(18)12-6-8-13(9-7-12)21(23)24;/h2-9,16,19H,10-11H2,1H3;1H/t16-,18-;/m0./s1. The minimum atomic E-state index is -0.637. The molecule has 6 nitrogen and oxygen atoms in total. The number of nitro benzene ring substituents is 1. The van der Waals surface area contributed by atoms with Crippen LogP contribution in [0, 0.1) is 10.1 Å². The molecular formula is C18H18ClN3O3. The average Bonchev–Trinajstić information content (AvgIpc) is 3.13. The third-order valence-corrected chi connectivity index (χ3v) is 5.23. The molecule has 1 spiro atoms. The molecule has 2 atom stereocenters. The number of likely N-dealkylation sites (N-methyl/N-ethyl adjacent to an activating group) is 1. The molecule has 2 aromatic rings. The van der Waals surface area contributed by atoms with Gasteiger partial charge in [-0.05, 0) is 30.2 Å². The Labute approximate surface area is 151 Å². The predicted molar refractivity (Wildman–Crippen MR) is 97.2 cm³/mol. The summed E-state index contributed by atoms with van der Waals surface area (Å²) in [5.74, 6) is 0.0806. The highest BCUT2D eigenvalue weighted by molar-refractivity contribution is 6.08. The zero-order valence-corrected chi connectivity index (χ0v) is 14.5. The first kappa shape index (κ1) is 17.4. The maximum Gasteiger partial charge on any atom is 0.269 e. The van der Waals surface area contributed by atoms with Crippen LogP contribution in [0.1, 0.15) is 23.6 Å². The minimum Gasteiger partial charge on any atom is -0.314 e. The first-order valence-electron chi connectivity index (χ1n) is 7.91. The maximum absolute atomic E-state index is 13.1. The van der Waals surface area contributed by atoms with E-state index in [9.17, 15) is 14.9 Å². The molecule has 4 rings (SSSR count). The van der Waals surface area contributed by atoms with E-state index in [1.807, 2.05) is 24.3 Å². The van der Waals surface area contributed by atoms with Gasteiger partial charge < -0.3 is 10.2 Å². The summed E-state index contributed by atoms with van der Waals surface area (Å²) < 4.78 is 0. The summed E-state index contributed by atoms with van der Waals surface area (Å²) in [6.07, 6.45) is 0.717. The highest BCUT2D eigenvalue weighted by atomic mass is 35.5. The second kappa shape index (κ2) is 6.13. The van der Waals surface area contributed by atoms with Crippen LogP contribution < -0.4 is 10.2 Å². The van der Waals surface area contributed by atoms with Crippen LogP contribution in [0.3, 0.4) is 0 Å². The van der Waals surface area contributed by atoms with E-state index in [2.05, 4.69) is 5.32 Å². The van der Waals surface area contributed by atoms with E-state index in [-0.39, 0.29) is 30.0 Å². The van der Waals surface area contributed by atoms with Gasteiger partial charge in [0.15, 0.2) is 0 Å². The van der Waals surface area contributed by atoms with Gasteiger partial charge in [0.2, 0.25) is 5.91 Å². The van der Waals surface area contributed by atoms with Crippen LogP contribution in [0.5, 0.6) is 0 Å². The van der Waals surface area contributed by atoms with E-state index in [4.69, 9.17) is 0 Å². The monoisotopic (exact) mass is 359 g/mol. The normalized spacial score (nSPS) is 24.3. The molecule has 1 saturated heterocycles. The van der Waals surface area contributed by atoms with Crippen LogP contribution >= 0.6 is 12.4 Å². The number of nitrogens with one attached hydrogen (secondary N) is 1. The van der Waals surface area contributed by atoms with E-state index in [0.29, 0.717) is 0 Å². The van der Waals surface area contributed by atoms with Gasteiger partial charge in [0.05, 0.1) is 16.4 Å². The van der Waals surface area contributed by atoms with Crippen molar-refractivity contribution in [3.63, 3.8) is 0 Å². The van der Waals surface area contributed by atoms with Gasteiger partial charge in [-0.25, -0.2) is 0 Å². The molecule has 1 fully saturated rings. The molecule has 0 bridgehead atoms. The molecule has 2 aliphatic rings. The molecule has 1 amide bonds. The van der Waals surface area contributed by atoms with Crippen molar-refractivity contribution < 1.29 is 9.72 Å². The van der Waals surface area contributed by atoms with E-state index < -0.39 is 10.3 Å². The largest absolute Gasteiger partial charge is 0.314 e. The smallest absolute Gasteiger partial charge is 0.269 e.